The molecule has 0 aromatic carbocycles. The molecule has 56 valence electrons. The molecule has 0 radical (unpaired) electrons. The molecule has 1 rings (SSSR count). The Kier molecular flexibility index (Phi) is 2.22. The van der Waals surface area contributed by atoms with Crippen molar-refractivity contribution in [3.05, 3.63) is 14.5 Å². The van der Waals surface area contributed by atoms with Crippen LogP contribution in [0.15, 0.2) is 3.92 Å². The van der Waals surface area contributed by atoms with Gasteiger partial charge in [-0.1, -0.05) is 11.3 Å². The first-order valence-electron chi connectivity index (χ1n) is 2.45. The second-order valence-corrected chi connectivity index (χ2v) is 3.84. The Morgan fingerprint density at radius 2 is 2.45 bits per heavy atom. The van der Waals surface area contributed by atoms with Crippen LogP contribution in [0.1, 0.15) is 15.4 Å². The summed E-state index contributed by atoms with van der Waals surface area (Å²) >= 11 is 3.99. The van der Waals surface area contributed by atoms with E-state index in [0.717, 1.165) is 11.3 Å². The number of thiazole rings is 1. The van der Waals surface area contributed by atoms with Gasteiger partial charge in [-0.05, 0) is 15.9 Å². The zero-order valence-corrected chi connectivity index (χ0v) is 7.44. The van der Waals surface area contributed by atoms with Gasteiger partial charge in [-0.3, -0.25) is 0 Å². The number of nitriles is 1. The number of rotatable bonds is 1. The molecule has 1 N–H and O–H groups in total. The van der Waals surface area contributed by atoms with Crippen molar-refractivity contribution in [1.29, 1.82) is 5.26 Å². The quantitative estimate of drug-likeness (QED) is 0.796. The number of carbonyl (C=O) groups is 1. The second-order valence-electron chi connectivity index (χ2n) is 1.56. The minimum absolute atomic E-state index is 0.115. The molecule has 0 saturated heterocycles. The van der Waals surface area contributed by atoms with E-state index < -0.39 is 5.97 Å². The summed E-state index contributed by atoms with van der Waals surface area (Å²) in [6.07, 6.45) is 0. The molecule has 0 amide bonds. The van der Waals surface area contributed by atoms with Crippen molar-refractivity contribution >= 4 is 33.2 Å². The van der Waals surface area contributed by atoms with E-state index in [-0.39, 0.29) is 10.6 Å². The fourth-order valence-electron chi connectivity index (χ4n) is 0.515. The summed E-state index contributed by atoms with van der Waals surface area (Å²) in [5.41, 5.74) is -0.190. The number of hydrogen-bond donors (Lipinski definition) is 1. The minimum Gasteiger partial charge on any atom is -0.476 e. The average Bonchev–Trinajstić information content (AvgIpc) is 2.30. The smallest absolute Gasteiger partial charge is 0.356 e. The molecule has 0 saturated carbocycles. The molecule has 1 heterocycles. The summed E-state index contributed by atoms with van der Waals surface area (Å²) in [4.78, 5) is 14.1. The number of aromatic nitrogens is 1. The molecule has 1 aromatic heterocycles. The molecule has 4 nitrogen and oxygen atoms in total. The average molecular weight is 233 g/mol. The van der Waals surface area contributed by atoms with Gasteiger partial charge in [0.15, 0.2) is 9.61 Å². The largest absolute Gasteiger partial charge is 0.476 e. The van der Waals surface area contributed by atoms with Crippen LogP contribution in [0.25, 0.3) is 0 Å². The summed E-state index contributed by atoms with van der Waals surface area (Å²) in [5, 5.41) is 16.9. The molecule has 0 unspecified atom stereocenters. The van der Waals surface area contributed by atoms with Crippen LogP contribution in [-0.4, -0.2) is 16.1 Å². The van der Waals surface area contributed by atoms with Gasteiger partial charge in [0.05, 0.1) is 0 Å². The second kappa shape index (κ2) is 2.98. The van der Waals surface area contributed by atoms with Gasteiger partial charge in [0.1, 0.15) is 10.9 Å². The molecule has 11 heavy (non-hydrogen) atoms. The van der Waals surface area contributed by atoms with E-state index in [1.54, 1.807) is 6.07 Å². The normalized spacial score (nSPS) is 9.09. The maximum Gasteiger partial charge on any atom is 0.356 e. The monoisotopic (exact) mass is 232 g/mol. The summed E-state index contributed by atoms with van der Waals surface area (Å²) in [6.45, 7) is 0. The van der Waals surface area contributed by atoms with Crippen molar-refractivity contribution in [1.82, 2.24) is 4.98 Å². The molecular formula is C5HBrN2O2S. The zero-order chi connectivity index (χ0) is 8.43. The van der Waals surface area contributed by atoms with E-state index in [4.69, 9.17) is 10.4 Å². The van der Waals surface area contributed by atoms with E-state index in [2.05, 4.69) is 20.9 Å². The lowest BCUT2D eigenvalue weighted by molar-refractivity contribution is 0.0691. The van der Waals surface area contributed by atoms with Gasteiger partial charge in [0.25, 0.3) is 0 Å². The molecule has 6 heteroatoms. The van der Waals surface area contributed by atoms with Crippen LogP contribution in [0.4, 0.5) is 0 Å². The van der Waals surface area contributed by atoms with Crippen molar-refractivity contribution < 1.29 is 9.90 Å². The lowest BCUT2D eigenvalue weighted by Crippen LogP contribution is -1.98. The van der Waals surface area contributed by atoms with Crippen LogP contribution < -0.4 is 0 Å². The SMILES string of the molecule is N#Cc1sc(Br)nc1C(=O)O. The van der Waals surface area contributed by atoms with Crippen molar-refractivity contribution in [2.75, 3.05) is 0 Å². The Balaban J connectivity index is 3.26. The van der Waals surface area contributed by atoms with Gasteiger partial charge in [0.2, 0.25) is 0 Å². The first-order valence-corrected chi connectivity index (χ1v) is 4.06. The highest BCUT2D eigenvalue weighted by Gasteiger charge is 2.15. The Morgan fingerprint density at radius 1 is 1.82 bits per heavy atom. The van der Waals surface area contributed by atoms with Crippen LogP contribution in [0.5, 0.6) is 0 Å². The standard InChI is InChI=1S/C5HBrN2O2S/c6-5-8-3(4(9)10)2(1-7)11-5/h(H,9,10). The number of carboxylic acid groups (broad SMARTS) is 1. The first-order chi connectivity index (χ1) is 5.15. The van der Waals surface area contributed by atoms with E-state index >= 15 is 0 Å². The van der Waals surface area contributed by atoms with Crippen molar-refractivity contribution in [2.45, 2.75) is 0 Å². The molecule has 0 atom stereocenters. The highest BCUT2D eigenvalue weighted by Crippen LogP contribution is 2.22. The maximum atomic E-state index is 10.4. The summed E-state index contributed by atoms with van der Waals surface area (Å²) < 4.78 is 0.409. The third-order valence-corrected chi connectivity index (χ3v) is 2.32. The first kappa shape index (κ1) is 8.17. The fraction of sp³-hybridized carbons (Fsp3) is 0. The van der Waals surface area contributed by atoms with Crippen LogP contribution in [0, 0.1) is 11.3 Å². The predicted octanol–water partition coefficient (Wildman–Crippen LogP) is 1.48. The number of aromatic carboxylic acids is 1. The van der Waals surface area contributed by atoms with Gasteiger partial charge in [-0.15, -0.1) is 0 Å². The van der Waals surface area contributed by atoms with Gasteiger partial charge in [0, 0.05) is 0 Å². The van der Waals surface area contributed by atoms with Crippen molar-refractivity contribution in [3.8, 4) is 6.07 Å². The molecule has 0 spiro atoms. The predicted molar refractivity (Wildman–Crippen MR) is 41.5 cm³/mol. The minimum atomic E-state index is -1.18. The van der Waals surface area contributed by atoms with E-state index in [1.807, 2.05) is 0 Å². The maximum absolute atomic E-state index is 10.4. The zero-order valence-electron chi connectivity index (χ0n) is 5.04. The fourth-order valence-corrected chi connectivity index (χ4v) is 1.76. The number of nitrogens with zero attached hydrogens (tertiary/aromatic N) is 2. The lowest BCUT2D eigenvalue weighted by Gasteiger charge is -1.82. The van der Waals surface area contributed by atoms with E-state index in [1.165, 1.54) is 0 Å². The molecule has 1 aromatic rings. The van der Waals surface area contributed by atoms with Crippen molar-refractivity contribution in [2.24, 2.45) is 0 Å². The highest BCUT2D eigenvalue weighted by atomic mass is 79.9. The summed E-state index contributed by atoms with van der Waals surface area (Å²) in [7, 11) is 0. The Morgan fingerprint density at radius 3 is 2.82 bits per heavy atom. The Labute approximate surface area is 74.2 Å². The summed E-state index contributed by atoms with van der Waals surface area (Å²) in [5.74, 6) is -1.18. The molecule has 0 fully saturated rings. The molecule has 0 aliphatic carbocycles. The van der Waals surface area contributed by atoms with Crippen LogP contribution in [0.2, 0.25) is 0 Å². The Bertz CT molecular complexity index is 341. The highest BCUT2D eigenvalue weighted by molar-refractivity contribution is 9.11. The number of hydrogen-bond acceptors (Lipinski definition) is 4. The van der Waals surface area contributed by atoms with Crippen LogP contribution in [0.3, 0.4) is 0 Å². The van der Waals surface area contributed by atoms with Gasteiger partial charge in [-0.25, -0.2) is 9.78 Å². The van der Waals surface area contributed by atoms with Crippen LogP contribution >= 0.6 is 27.3 Å². The third kappa shape index (κ3) is 1.56. The van der Waals surface area contributed by atoms with Gasteiger partial charge >= 0.3 is 5.97 Å². The van der Waals surface area contributed by atoms with Crippen molar-refractivity contribution in [3.63, 3.8) is 0 Å². The number of halogens is 1. The Hall–Kier alpha value is -0.930. The number of carboxylic acids is 1. The third-order valence-electron chi connectivity index (χ3n) is 0.905. The molecule has 0 aliphatic rings. The van der Waals surface area contributed by atoms with Crippen LogP contribution in [-0.2, 0) is 0 Å². The van der Waals surface area contributed by atoms with Gasteiger partial charge in [-0.2, -0.15) is 5.26 Å². The van der Waals surface area contributed by atoms with E-state index in [0.29, 0.717) is 3.92 Å². The summed E-state index contributed by atoms with van der Waals surface area (Å²) in [6, 6.07) is 1.74. The molecular weight excluding hydrogens is 232 g/mol. The lowest BCUT2D eigenvalue weighted by atomic mass is 10.4. The van der Waals surface area contributed by atoms with Gasteiger partial charge < -0.3 is 5.11 Å². The van der Waals surface area contributed by atoms with E-state index in [9.17, 15) is 4.79 Å². The molecule has 0 bridgehead atoms. The topological polar surface area (TPSA) is 74.0 Å². The molecule has 0 aliphatic heterocycles.